The molecule has 0 amide bonds. The van der Waals surface area contributed by atoms with Gasteiger partial charge in [-0.25, -0.2) is 0 Å². The molecule has 0 radical (unpaired) electrons. The number of hydrogen-bond acceptors (Lipinski definition) is 4. The number of carbonyl (C=O) groups excluding carboxylic acids is 1. The van der Waals surface area contributed by atoms with Crippen LogP contribution in [0.5, 0.6) is 11.5 Å². The molecule has 2 fully saturated rings. The normalized spacial score (nSPS) is 27.0. The molecule has 0 aromatic heterocycles. The highest BCUT2D eigenvalue weighted by Gasteiger charge is 2.55. The third kappa shape index (κ3) is 2.44. The van der Waals surface area contributed by atoms with E-state index in [9.17, 15) is 4.79 Å². The quantitative estimate of drug-likeness (QED) is 0.807. The smallest absolute Gasteiger partial charge is 0.318 e. The number of ether oxygens (including phenoxy) is 2. The van der Waals surface area contributed by atoms with E-state index in [4.69, 9.17) is 9.47 Å². The molecule has 1 saturated heterocycles. The third-order valence-corrected chi connectivity index (χ3v) is 5.89. The van der Waals surface area contributed by atoms with Gasteiger partial charge in [-0.1, -0.05) is 36.4 Å². The van der Waals surface area contributed by atoms with Gasteiger partial charge in [0.15, 0.2) is 0 Å². The number of rotatable bonds is 3. The van der Waals surface area contributed by atoms with Gasteiger partial charge in [0.1, 0.15) is 17.4 Å². The molecule has 4 nitrogen and oxygen atoms in total. The van der Waals surface area contributed by atoms with E-state index in [0.717, 1.165) is 35.7 Å². The average Bonchev–Trinajstić information content (AvgIpc) is 3.10. The number of para-hydroxylation sites is 2. The van der Waals surface area contributed by atoms with E-state index in [1.54, 1.807) is 0 Å². The molecule has 2 heterocycles. The minimum atomic E-state index is -0.401. The number of nitrogens with zero attached hydrogens (tertiary/aromatic N) is 1. The van der Waals surface area contributed by atoms with Crippen molar-refractivity contribution in [3.8, 4) is 11.5 Å². The second kappa shape index (κ2) is 5.60. The minimum Gasteiger partial charge on any atom is -0.465 e. The van der Waals surface area contributed by atoms with Gasteiger partial charge < -0.3 is 14.4 Å². The number of esters is 1. The van der Waals surface area contributed by atoms with Gasteiger partial charge in [-0.3, -0.25) is 4.79 Å². The van der Waals surface area contributed by atoms with Crippen LogP contribution < -0.4 is 4.74 Å². The SMILES string of the molecule is CN1CC2C(COC(=O)C3c4ccccc4Oc4ccccc43)[C@H]2C1. The number of fused-ring (bicyclic) bond motifs is 3. The molecule has 3 atom stereocenters. The molecule has 1 saturated carbocycles. The van der Waals surface area contributed by atoms with Gasteiger partial charge in [-0.15, -0.1) is 0 Å². The predicted octanol–water partition coefficient (Wildman–Crippen LogP) is 3.28. The molecule has 5 rings (SSSR count). The van der Waals surface area contributed by atoms with E-state index < -0.39 is 5.92 Å². The Bertz CT molecular complexity index is 776. The highest BCUT2D eigenvalue weighted by molar-refractivity contribution is 5.85. The van der Waals surface area contributed by atoms with Gasteiger partial charge in [-0.2, -0.15) is 0 Å². The van der Waals surface area contributed by atoms with Crippen LogP contribution in [-0.4, -0.2) is 37.6 Å². The molecule has 2 aromatic rings. The van der Waals surface area contributed by atoms with Crippen LogP contribution in [0.4, 0.5) is 0 Å². The van der Waals surface area contributed by atoms with Crippen LogP contribution in [0.1, 0.15) is 17.0 Å². The van der Waals surface area contributed by atoms with E-state index in [0.29, 0.717) is 24.4 Å². The fourth-order valence-corrected chi connectivity index (χ4v) is 4.53. The van der Waals surface area contributed by atoms with Crippen molar-refractivity contribution in [1.29, 1.82) is 0 Å². The molecular weight excluding hydrogens is 314 g/mol. The van der Waals surface area contributed by atoms with Crippen molar-refractivity contribution in [3.63, 3.8) is 0 Å². The monoisotopic (exact) mass is 335 g/mol. The summed E-state index contributed by atoms with van der Waals surface area (Å²) in [5, 5.41) is 0. The molecular formula is C21H21NO3. The highest BCUT2D eigenvalue weighted by atomic mass is 16.5. The standard InChI is InChI=1S/C21H21NO3/c1-22-10-15-16(11-22)17(15)12-24-21(23)20-13-6-2-4-8-18(13)25-19-9-5-3-7-14(19)20/h2-9,15-17,20H,10-12H2,1H3/t15-,16?,17?/m0/s1. The lowest BCUT2D eigenvalue weighted by atomic mass is 9.88. The maximum Gasteiger partial charge on any atom is 0.318 e. The van der Waals surface area contributed by atoms with Crippen LogP contribution in [0.15, 0.2) is 48.5 Å². The number of likely N-dealkylation sites (tertiary alicyclic amines) is 1. The van der Waals surface area contributed by atoms with Gasteiger partial charge >= 0.3 is 5.97 Å². The third-order valence-electron chi connectivity index (χ3n) is 5.89. The zero-order valence-corrected chi connectivity index (χ0v) is 14.2. The maximum atomic E-state index is 13.0. The Balaban J connectivity index is 1.37. The van der Waals surface area contributed by atoms with Crippen molar-refractivity contribution in [2.24, 2.45) is 17.8 Å². The molecule has 0 N–H and O–H groups in total. The Labute approximate surface area is 147 Å². The van der Waals surface area contributed by atoms with Crippen LogP contribution >= 0.6 is 0 Å². The van der Waals surface area contributed by atoms with Crippen molar-refractivity contribution in [2.45, 2.75) is 5.92 Å². The molecule has 2 unspecified atom stereocenters. The Hall–Kier alpha value is -2.33. The average molecular weight is 335 g/mol. The zero-order chi connectivity index (χ0) is 17.0. The summed E-state index contributed by atoms with van der Waals surface area (Å²) in [5.74, 6) is 2.90. The van der Waals surface area contributed by atoms with E-state index >= 15 is 0 Å². The molecule has 128 valence electrons. The zero-order valence-electron chi connectivity index (χ0n) is 14.2. The number of benzene rings is 2. The van der Waals surface area contributed by atoms with Gasteiger partial charge in [-0.05, 0) is 31.0 Å². The Kier molecular flexibility index (Phi) is 3.35. The number of carbonyl (C=O) groups is 1. The van der Waals surface area contributed by atoms with Gasteiger partial charge in [0, 0.05) is 30.1 Å². The topological polar surface area (TPSA) is 38.8 Å². The first-order valence-electron chi connectivity index (χ1n) is 8.93. The minimum absolute atomic E-state index is 0.165. The maximum absolute atomic E-state index is 13.0. The summed E-state index contributed by atoms with van der Waals surface area (Å²) < 4.78 is 11.7. The first kappa shape index (κ1) is 15.0. The molecule has 4 heteroatoms. The largest absolute Gasteiger partial charge is 0.465 e. The predicted molar refractivity (Wildman–Crippen MR) is 93.7 cm³/mol. The van der Waals surface area contributed by atoms with E-state index in [1.165, 1.54) is 0 Å². The van der Waals surface area contributed by atoms with Gasteiger partial charge in [0.2, 0.25) is 0 Å². The summed E-state index contributed by atoms with van der Waals surface area (Å²) in [7, 11) is 2.16. The first-order chi connectivity index (χ1) is 12.2. The summed E-state index contributed by atoms with van der Waals surface area (Å²) in [6, 6.07) is 15.5. The summed E-state index contributed by atoms with van der Waals surface area (Å²) in [5.41, 5.74) is 1.78. The molecule has 3 aliphatic rings. The Morgan fingerprint density at radius 1 is 1.04 bits per heavy atom. The van der Waals surface area contributed by atoms with Crippen LogP contribution in [0.25, 0.3) is 0 Å². The Morgan fingerprint density at radius 2 is 1.60 bits per heavy atom. The fraction of sp³-hybridized carbons (Fsp3) is 0.381. The summed E-state index contributed by atoms with van der Waals surface area (Å²) in [6.07, 6.45) is 0. The molecule has 0 spiro atoms. The van der Waals surface area contributed by atoms with Crippen molar-refractivity contribution in [3.05, 3.63) is 59.7 Å². The van der Waals surface area contributed by atoms with Crippen molar-refractivity contribution in [1.82, 2.24) is 4.90 Å². The lowest BCUT2D eigenvalue weighted by Crippen LogP contribution is -2.24. The van der Waals surface area contributed by atoms with Crippen molar-refractivity contribution in [2.75, 3.05) is 26.7 Å². The van der Waals surface area contributed by atoms with Gasteiger partial charge in [0.05, 0.1) is 6.61 Å². The van der Waals surface area contributed by atoms with Crippen molar-refractivity contribution >= 4 is 5.97 Å². The van der Waals surface area contributed by atoms with Gasteiger partial charge in [0.25, 0.3) is 0 Å². The molecule has 2 aliphatic heterocycles. The summed E-state index contributed by atoms with van der Waals surface area (Å²) in [4.78, 5) is 15.3. The fourth-order valence-electron chi connectivity index (χ4n) is 4.53. The Morgan fingerprint density at radius 3 is 2.20 bits per heavy atom. The second-order valence-corrected chi connectivity index (χ2v) is 7.45. The lowest BCUT2D eigenvalue weighted by molar-refractivity contribution is -0.145. The molecule has 1 aliphatic carbocycles. The van der Waals surface area contributed by atoms with Crippen LogP contribution in [0.2, 0.25) is 0 Å². The van der Waals surface area contributed by atoms with Crippen molar-refractivity contribution < 1.29 is 14.3 Å². The van der Waals surface area contributed by atoms with Crippen LogP contribution in [0.3, 0.4) is 0 Å². The van der Waals surface area contributed by atoms with Crippen LogP contribution in [-0.2, 0) is 9.53 Å². The highest BCUT2D eigenvalue weighted by Crippen LogP contribution is 2.51. The van der Waals surface area contributed by atoms with Crippen LogP contribution in [0, 0.1) is 17.8 Å². The molecule has 25 heavy (non-hydrogen) atoms. The van der Waals surface area contributed by atoms with E-state index in [2.05, 4.69) is 11.9 Å². The number of hydrogen-bond donors (Lipinski definition) is 0. The first-order valence-corrected chi connectivity index (χ1v) is 8.93. The van der Waals surface area contributed by atoms with E-state index in [-0.39, 0.29) is 5.97 Å². The second-order valence-electron chi connectivity index (χ2n) is 7.45. The lowest BCUT2D eigenvalue weighted by Gasteiger charge is -2.27. The van der Waals surface area contributed by atoms with E-state index in [1.807, 2.05) is 48.5 Å². The molecule has 2 aromatic carbocycles. The molecule has 0 bridgehead atoms. The summed E-state index contributed by atoms with van der Waals surface area (Å²) in [6.45, 7) is 2.81. The number of piperidine rings is 1. The summed E-state index contributed by atoms with van der Waals surface area (Å²) >= 11 is 0.